The molecule has 1 nitrogen and oxygen atoms in total. The maximum absolute atomic E-state index is 10.1. The number of aliphatic hydroxyl groups is 1. The summed E-state index contributed by atoms with van der Waals surface area (Å²) in [4.78, 5) is 0. The Balaban J connectivity index is 1.60. The fourth-order valence-corrected chi connectivity index (χ4v) is 7.79. The van der Waals surface area contributed by atoms with Gasteiger partial charge in [-0.25, -0.2) is 0 Å². The molecule has 0 saturated heterocycles. The summed E-state index contributed by atoms with van der Waals surface area (Å²) < 4.78 is 1.65. The Morgan fingerprint density at radius 1 is 1.19 bits per heavy atom. The number of allylic oxidation sites excluding steroid dienone is 2. The molecule has 0 aromatic heterocycles. The minimum Gasteiger partial charge on any atom is -0.393 e. The van der Waals surface area contributed by atoms with Gasteiger partial charge in [0, 0.05) is 5.41 Å². The van der Waals surface area contributed by atoms with E-state index in [0.29, 0.717) is 5.41 Å². The minimum atomic E-state index is -0.0132. The molecule has 1 N–H and O–H groups in total. The van der Waals surface area contributed by atoms with Crippen LogP contribution in [-0.4, -0.2) is 11.2 Å². The molecule has 0 aromatic rings. The van der Waals surface area contributed by atoms with Gasteiger partial charge in [0.15, 0.2) is 0 Å². The molecule has 4 aliphatic rings. The predicted octanol–water partition coefficient (Wildman–Crippen LogP) is 5.17. The second-order valence-corrected chi connectivity index (χ2v) is 9.86. The molecule has 0 aliphatic heterocycles. The maximum Gasteiger partial charge on any atom is 0.0545 e. The lowest BCUT2D eigenvalue weighted by Crippen LogP contribution is -2.50. The zero-order chi connectivity index (χ0) is 14.8. The van der Waals surface area contributed by atoms with Gasteiger partial charge in [0.05, 0.1) is 6.10 Å². The van der Waals surface area contributed by atoms with Crippen molar-refractivity contribution in [3.8, 4) is 0 Å². The maximum atomic E-state index is 10.1. The molecular weight excluding hydrogens is 371 g/mol. The summed E-state index contributed by atoms with van der Waals surface area (Å²) in [7, 11) is 0. The van der Waals surface area contributed by atoms with Crippen LogP contribution in [0.2, 0.25) is 0 Å². The fraction of sp³-hybridized carbons (Fsp3) is 0.895. The van der Waals surface area contributed by atoms with Crippen LogP contribution in [0.4, 0.5) is 0 Å². The third-order valence-electron chi connectivity index (χ3n) is 7.76. The second-order valence-electron chi connectivity index (χ2n) is 8.70. The molecule has 4 aliphatic carbocycles. The summed E-state index contributed by atoms with van der Waals surface area (Å²) in [6, 6.07) is 0. The van der Waals surface area contributed by atoms with Crippen LogP contribution in [0, 0.1) is 40.9 Å². The Morgan fingerprint density at radius 3 is 2.81 bits per heavy atom. The molecule has 0 radical (unpaired) electrons. The summed E-state index contributed by atoms with van der Waals surface area (Å²) in [5.41, 5.74) is 0.506. The van der Waals surface area contributed by atoms with Crippen LogP contribution in [0.15, 0.2) is 9.66 Å². The molecule has 2 heteroatoms. The van der Waals surface area contributed by atoms with E-state index >= 15 is 0 Å². The van der Waals surface area contributed by atoms with Gasteiger partial charge < -0.3 is 5.11 Å². The molecule has 118 valence electrons. The van der Waals surface area contributed by atoms with Crippen LogP contribution in [0.5, 0.6) is 0 Å². The zero-order valence-corrected chi connectivity index (χ0v) is 15.6. The number of rotatable bonds is 0. The van der Waals surface area contributed by atoms with Crippen molar-refractivity contribution in [2.75, 3.05) is 0 Å². The topological polar surface area (TPSA) is 20.2 Å². The summed E-state index contributed by atoms with van der Waals surface area (Å²) >= 11 is 2.62. The molecule has 8 atom stereocenters. The van der Waals surface area contributed by atoms with E-state index in [4.69, 9.17) is 0 Å². The van der Waals surface area contributed by atoms with Crippen molar-refractivity contribution in [3.63, 3.8) is 0 Å². The van der Waals surface area contributed by atoms with E-state index in [1.54, 1.807) is 3.58 Å². The molecule has 0 heterocycles. The van der Waals surface area contributed by atoms with E-state index < -0.39 is 0 Å². The predicted molar refractivity (Wildman–Crippen MR) is 95.1 cm³/mol. The van der Waals surface area contributed by atoms with Crippen LogP contribution >= 0.6 is 22.6 Å². The summed E-state index contributed by atoms with van der Waals surface area (Å²) in [6.07, 6.45) is 11.7. The molecule has 0 bridgehead atoms. The molecule has 4 rings (SSSR count). The number of halogens is 1. The molecule has 3 saturated carbocycles. The van der Waals surface area contributed by atoms with E-state index in [0.717, 1.165) is 48.3 Å². The van der Waals surface area contributed by atoms with E-state index in [-0.39, 0.29) is 6.10 Å². The Labute approximate surface area is 143 Å². The smallest absolute Gasteiger partial charge is 0.0545 e. The first-order valence-corrected chi connectivity index (χ1v) is 10.1. The lowest BCUT2D eigenvalue weighted by atomic mass is 9.49. The van der Waals surface area contributed by atoms with Crippen molar-refractivity contribution in [3.05, 3.63) is 9.66 Å². The van der Waals surface area contributed by atoms with Gasteiger partial charge >= 0.3 is 0 Å². The molecule has 3 unspecified atom stereocenters. The lowest BCUT2D eigenvalue weighted by Gasteiger charge is -2.57. The molecule has 0 amide bonds. The number of hydrogen-bond donors (Lipinski definition) is 1. The van der Waals surface area contributed by atoms with Gasteiger partial charge in [-0.2, -0.15) is 0 Å². The summed E-state index contributed by atoms with van der Waals surface area (Å²) in [5, 5.41) is 10.1. The molecule has 21 heavy (non-hydrogen) atoms. The van der Waals surface area contributed by atoms with Crippen LogP contribution in [0.1, 0.15) is 58.8 Å². The normalized spacial score (nSPS) is 56.2. The van der Waals surface area contributed by atoms with Crippen LogP contribution in [-0.2, 0) is 0 Å². The van der Waals surface area contributed by atoms with Crippen molar-refractivity contribution in [1.82, 2.24) is 0 Å². The van der Waals surface area contributed by atoms with Gasteiger partial charge in [0.2, 0.25) is 0 Å². The highest BCUT2D eigenvalue weighted by molar-refractivity contribution is 14.1. The first-order valence-electron chi connectivity index (χ1n) is 9.05. The highest BCUT2D eigenvalue weighted by Crippen LogP contribution is 2.64. The Bertz CT molecular complexity index is 458. The minimum absolute atomic E-state index is 0.0132. The van der Waals surface area contributed by atoms with Crippen molar-refractivity contribution in [1.29, 1.82) is 0 Å². The van der Waals surface area contributed by atoms with Crippen molar-refractivity contribution in [2.45, 2.75) is 64.9 Å². The monoisotopic (exact) mass is 400 g/mol. The number of hydrogen-bond acceptors (Lipinski definition) is 1. The Hall–Kier alpha value is 0.430. The van der Waals surface area contributed by atoms with Crippen LogP contribution in [0.3, 0.4) is 0 Å². The molecule has 0 aromatic carbocycles. The van der Waals surface area contributed by atoms with Gasteiger partial charge in [0.1, 0.15) is 0 Å². The van der Waals surface area contributed by atoms with Gasteiger partial charge in [-0.3, -0.25) is 0 Å². The average Bonchev–Trinajstić information content (AvgIpc) is 2.74. The fourth-order valence-electron chi connectivity index (χ4n) is 6.87. The third kappa shape index (κ3) is 2.18. The van der Waals surface area contributed by atoms with Gasteiger partial charge in [-0.05, 0) is 107 Å². The van der Waals surface area contributed by atoms with Gasteiger partial charge in [0.25, 0.3) is 0 Å². The van der Waals surface area contributed by atoms with E-state index in [9.17, 15) is 5.11 Å². The number of aliphatic hydroxyl groups excluding tert-OH is 1. The zero-order valence-electron chi connectivity index (χ0n) is 13.4. The summed E-state index contributed by atoms with van der Waals surface area (Å²) in [5.74, 6) is 5.32. The third-order valence-corrected chi connectivity index (χ3v) is 9.44. The molecule has 3 fully saturated rings. The average molecular weight is 400 g/mol. The van der Waals surface area contributed by atoms with Gasteiger partial charge in [-0.15, -0.1) is 0 Å². The highest BCUT2D eigenvalue weighted by Gasteiger charge is 2.55. The van der Waals surface area contributed by atoms with Crippen LogP contribution in [0.25, 0.3) is 0 Å². The second kappa shape index (κ2) is 5.22. The standard InChI is InChI=1S/C19H29IO/c1-11-9-13(21)10-12-3-4-14-15(18(11)12)7-8-19(2)16(14)5-6-17(19)20/h6,11-16,18,21H,3-5,7-10H2,1-2H3/t11-,12?,13?,14-,15+,16+,18?,19+/m1/s1. The first-order chi connectivity index (χ1) is 10.0. The van der Waals surface area contributed by atoms with Crippen molar-refractivity contribution >= 4 is 22.6 Å². The van der Waals surface area contributed by atoms with Crippen LogP contribution < -0.4 is 0 Å². The molecule has 0 spiro atoms. The summed E-state index contributed by atoms with van der Waals surface area (Å²) in [6.45, 7) is 4.96. The van der Waals surface area contributed by atoms with E-state index in [1.165, 1.54) is 32.1 Å². The molecular formula is C19H29IO. The van der Waals surface area contributed by atoms with E-state index in [2.05, 4.69) is 42.5 Å². The Morgan fingerprint density at radius 2 is 2.00 bits per heavy atom. The first kappa shape index (κ1) is 15.0. The SMILES string of the molecule is C[C@@H]1CC(O)CC2CC[C@@H]3[C@H](CC[C@]4(C)C(I)=CC[C@@H]34)C21. The Kier molecular flexibility index (Phi) is 3.73. The lowest BCUT2D eigenvalue weighted by molar-refractivity contribution is -0.0840. The quantitative estimate of drug-likeness (QED) is 0.556. The van der Waals surface area contributed by atoms with E-state index in [1.807, 2.05) is 0 Å². The van der Waals surface area contributed by atoms with Crippen molar-refractivity contribution < 1.29 is 5.11 Å². The van der Waals surface area contributed by atoms with Crippen molar-refractivity contribution in [2.24, 2.45) is 40.9 Å². The highest BCUT2D eigenvalue weighted by atomic mass is 127. The number of fused-ring (bicyclic) bond motifs is 5. The van der Waals surface area contributed by atoms with Gasteiger partial charge in [-0.1, -0.05) is 19.9 Å². The largest absolute Gasteiger partial charge is 0.393 e.